The van der Waals surface area contributed by atoms with Gasteiger partial charge in [-0.15, -0.1) is 0 Å². The van der Waals surface area contributed by atoms with E-state index in [4.69, 9.17) is 0 Å². The maximum atomic E-state index is 4.13. The molecule has 4 rings (SSSR count). The van der Waals surface area contributed by atoms with E-state index in [1.165, 1.54) is 16.5 Å². The average molecular weight is 321 g/mol. The highest BCUT2D eigenvalue weighted by atomic mass is 79.9. The van der Waals surface area contributed by atoms with Crippen LogP contribution in [0.4, 0.5) is 0 Å². The fraction of sp³-hybridized carbons (Fsp3) is 0.529. The molecule has 0 radical (unpaired) electrons. The van der Waals surface area contributed by atoms with E-state index in [0.29, 0.717) is 23.4 Å². The first-order valence-electron chi connectivity index (χ1n) is 7.18. The lowest BCUT2D eigenvalue weighted by atomic mass is 9.58. The Morgan fingerprint density at radius 1 is 1.47 bits per heavy atom. The van der Waals surface area contributed by atoms with Crippen molar-refractivity contribution in [3.63, 3.8) is 0 Å². The van der Waals surface area contributed by atoms with Crippen molar-refractivity contribution in [3.05, 3.63) is 46.0 Å². The molecule has 1 aromatic rings. The number of piperidine rings is 1. The van der Waals surface area contributed by atoms with E-state index in [2.05, 4.69) is 66.8 Å². The van der Waals surface area contributed by atoms with Crippen LogP contribution >= 0.6 is 15.9 Å². The number of quaternary nitrogens is 1. The van der Waals surface area contributed by atoms with E-state index in [9.17, 15) is 0 Å². The molecule has 2 bridgehead atoms. The van der Waals surface area contributed by atoms with Crippen molar-refractivity contribution in [2.45, 2.75) is 51.6 Å². The van der Waals surface area contributed by atoms with Crippen LogP contribution in [0.5, 0.6) is 0 Å². The molecule has 3 aliphatic rings. The van der Waals surface area contributed by atoms with E-state index < -0.39 is 0 Å². The van der Waals surface area contributed by atoms with Crippen molar-refractivity contribution in [3.8, 4) is 0 Å². The summed E-state index contributed by atoms with van der Waals surface area (Å²) in [5.74, 6) is 0.625. The minimum Gasteiger partial charge on any atom is -0.337 e. The lowest BCUT2D eigenvalue weighted by molar-refractivity contribution is -0.749. The van der Waals surface area contributed by atoms with Crippen LogP contribution in [0.25, 0.3) is 0 Å². The Kier molecular flexibility index (Phi) is 3.14. The van der Waals surface area contributed by atoms with Crippen molar-refractivity contribution in [1.29, 1.82) is 0 Å². The van der Waals surface area contributed by atoms with Crippen LogP contribution in [0.2, 0.25) is 0 Å². The zero-order valence-electron chi connectivity index (χ0n) is 12.0. The third-order valence-electron chi connectivity index (χ3n) is 4.88. The van der Waals surface area contributed by atoms with Crippen LogP contribution in [-0.4, -0.2) is 6.04 Å². The van der Waals surface area contributed by atoms with Crippen LogP contribution in [0.15, 0.2) is 34.8 Å². The molecule has 3 atom stereocenters. The van der Waals surface area contributed by atoms with E-state index in [1.54, 1.807) is 11.1 Å². The predicted molar refractivity (Wildman–Crippen MR) is 83.2 cm³/mol. The third-order valence-corrected chi connectivity index (χ3v) is 5.57. The maximum Gasteiger partial charge on any atom is 0.113 e. The second kappa shape index (κ2) is 4.46. The van der Waals surface area contributed by atoms with Gasteiger partial charge in [0.25, 0.3) is 0 Å². The van der Waals surface area contributed by atoms with Crippen LogP contribution < -0.4 is 5.32 Å². The Morgan fingerprint density at radius 3 is 2.89 bits per heavy atom. The van der Waals surface area contributed by atoms with Crippen molar-refractivity contribution in [2.75, 3.05) is 0 Å². The van der Waals surface area contributed by atoms with Crippen molar-refractivity contribution < 1.29 is 5.32 Å². The molecule has 0 saturated carbocycles. The number of fused-ring (bicyclic) bond motifs is 2. The molecule has 1 fully saturated rings. The molecule has 0 aromatic heterocycles. The molecule has 2 N–H and O–H groups in total. The van der Waals surface area contributed by atoms with Gasteiger partial charge in [0.05, 0.1) is 6.04 Å². The number of hydrogen-bond acceptors (Lipinski definition) is 0. The minimum atomic E-state index is 0.385. The first kappa shape index (κ1) is 13.4. The molecule has 102 valence electrons. The third kappa shape index (κ3) is 2.09. The highest BCUT2D eigenvalue weighted by Crippen LogP contribution is 2.54. The largest absolute Gasteiger partial charge is 0.337 e. The van der Waals surface area contributed by atoms with Gasteiger partial charge in [0, 0.05) is 28.8 Å². The van der Waals surface area contributed by atoms with Crippen LogP contribution in [-0.2, 0) is 0 Å². The zero-order valence-corrected chi connectivity index (χ0v) is 13.6. The molecule has 1 aromatic carbocycles. The first-order chi connectivity index (χ1) is 8.90. The second-order valence-electron chi connectivity index (χ2n) is 7.04. The summed E-state index contributed by atoms with van der Waals surface area (Å²) in [5.41, 5.74) is 4.81. The summed E-state index contributed by atoms with van der Waals surface area (Å²) in [6, 6.07) is 7.97. The molecule has 1 saturated heterocycles. The Morgan fingerprint density at radius 2 is 2.21 bits per heavy atom. The average Bonchev–Trinajstić information content (AvgIpc) is 2.27. The lowest BCUT2D eigenvalue weighted by Gasteiger charge is -2.51. The molecular weight excluding hydrogens is 298 g/mol. The SMILES string of the molecule is C=C(C)C[C@H]1[NH2+][C@H]2CC(C)(C)[C@@H]1c1c(Br)cccc12. The Bertz CT molecular complexity index is 532. The number of hydrogen-bond donors (Lipinski definition) is 1. The lowest BCUT2D eigenvalue weighted by Crippen LogP contribution is -2.96. The van der Waals surface area contributed by atoms with Crippen molar-refractivity contribution in [2.24, 2.45) is 5.41 Å². The molecule has 0 amide bonds. The van der Waals surface area contributed by atoms with Crippen LogP contribution in [0, 0.1) is 5.41 Å². The standard InChI is InChI=1S/C17H22BrN/c1-10(2)8-13-16-15-11(6-5-7-12(15)18)14(19-13)9-17(16,3)4/h5-7,13-14,16,19H,1,8-9H2,2-4H3/p+1/t13-,14+,16+/m1/s1. The molecule has 1 aliphatic carbocycles. The van der Waals surface area contributed by atoms with Gasteiger partial charge in [-0.3, -0.25) is 0 Å². The van der Waals surface area contributed by atoms with Gasteiger partial charge < -0.3 is 5.32 Å². The van der Waals surface area contributed by atoms with Gasteiger partial charge in [-0.1, -0.05) is 54.1 Å². The number of rotatable bonds is 2. The molecule has 1 nitrogen and oxygen atoms in total. The van der Waals surface area contributed by atoms with E-state index in [1.807, 2.05) is 0 Å². The van der Waals surface area contributed by atoms with Gasteiger partial charge in [0.2, 0.25) is 0 Å². The summed E-state index contributed by atoms with van der Waals surface area (Å²) in [6.45, 7) is 11.2. The Labute approximate surface area is 124 Å². The summed E-state index contributed by atoms with van der Waals surface area (Å²) in [5, 5.41) is 2.60. The van der Waals surface area contributed by atoms with Gasteiger partial charge >= 0.3 is 0 Å². The Balaban J connectivity index is 2.11. The second-order valence-corrected chi connectivity index (χ2v) is 7.89. The quantitative estimate of drug-likeness (QED) is 0.795. The normalized spacial score (nSPS) is 31.1. The molecule has 2 heteroatoms. The predicted octanol–water partition coefficient (Wildman–Crippen LogP) is 3.92. The fourth-order valence-corrected chi connectivity index (χ4v) is 4.99. The molecule has 2 heterocycles. The Hall–Kier alpha value is -0.600. The van der Waals surface area contributed by atoms with Crippen molar-refractivity contribution >= 4 is 15.9 Å². The monoisotopic (exact) mass is 320 g/mol. The first-order valence-corrected chi connectivity index (χ1v) is 7.97. The highest BCUT2D eigenvalue weighted by Gasteiger charge is 2.53. The van der Waals surface area contributed by atoms with Gasteiger partial charge in [-0.05, 0) is 24.0 Å². The van der Waals surface area contributed by atoms with Gasteiger partial charge in [-0.2, -0.15) is 0 Å². The molecular formula is C17H23BrN+. The van der Waals surface area contributed by atoms with Gasteiger partial charge in [0.1, 0.15) is 6.04 Å². The molecule has 2 aliphatic heterocycles. The zero-order chi connectivity index (χ0) is 13.8. The van der Waals surface area contributed by atoms with Gasteiger partial charge in [0.15, 0.2) is 0 Å². The van der Waals surface area contributed by atoms with Gasteiger partial charge in [-0.25, -0.2) is 0 Å². The van der Waals surface area contributed by atoms with Crippen molar-refractivity contribution in [1.82, 2.24) is 0 Å². The summed E-state index contributed by atoms with van der Waals surface area (Å²) in [6.07, 6.45) is 2.42. The smallest absolute Gasteiger partial charge is 0.113 e. The van der Waals surface area contributed by atoms with E-state index in [-0.39, 0.29) is 0 Å². The fourth-order valence-electron chi connectivity index (χ4n) is 4.36. The number of benzene rings is 1. The molecule has 19 heavy (non-hydrogen) atoms. The summed E-state index contributed by atoms with van der Waals surface area (Å²) >= 11 is 3.79. The maximum absolute atomic E-state index is 4.13. The summed E-state index contributed by atoms with van der Waals surface area (Å²) in [4.78, 5) is 0. The summed E-state index contributed by atoms with van der Waals surface area (Å²) in [7, 11) is 0. The van der Waals surface area contributed by atoms with Crippen LogP contribution in [0.3, 0.4) is 0 Å². The molecule has 0 unspecified atom stereocenters. The minimum absolute atomic E-state index is 0.385. The van der Waals surface area contributed by atoms with E-state index in [0.717, 1.165) is 6.42 Å². The summed E-state index contributed by atoms with van der Waals surface area (Å²) < 4.78 is 1.30. The number of nitrogens with two attached hydrogens (primary N) is 1. The number of halogens is 1. The van der Waals surface area contributed by atoms with Crippen LogP contribution in [0.1, 0.15) is 56.7 Å². The topological polar surface area (TPSA) is 16.6 Å². The molecule has 0 spiro atoms. The highest BCUT2D eigenvalue weighted by molar-refractivity contribution is 9.10. The van der Waals surface area contributed by atoms with E-state index >= 15 is 0 Å².